The topological polar surface area (TPSA) is 102 Å². The van der Waals surface area contributed by atoms with E-state index in [0.29, 0.717) is 17.1 Å². The second-order valence-corrected chi connectivity index (χ2v) is 9.28. The van der Waals surface area contributed by atoms with E-state index in [0.717, 1.165) is 4.31 Å². The molecule has 0 saturated heterocycles. The summed E-state index contributed by atoms with van der Waals surface area (Å²) in [5, 5.41) is 2.58. The Kier molecular flexibility index (Phi) is 7.81. The molecule has 0 radical (unpaired) electrons. The van der Waals surface area contributed by atoms with Crippen LogP contribution in [-0.4, -0.2) is 45.3 Å². The highest BCUT2D eigenvalue weighted by Gasteiger charge is 2.21. The number of carbonyl (C=O) groups excluding carboxylic acids is 2. The molecule has 0 fully saturated rings. The smallest absolute Gasteiger partial charge is 0.342 e. The largest absolute Gasteiger partial charge is 0.456 e. The summed E-state index contributed by atoms with van der Waals surface area (Å²) < 4.78 is 36.9. The Hall–Kier alpha value is -3.69. The highest BCUT2D eigenvalue weighted by atomic mass is 32.2. The van der Waals surface area contributed by atoms with Crippen molar-refractivity contribution in [3.63, 3.8) is 0 Å². The van der Waals surface area contributed by atoms with Gasteiger partial charge in [-0.15, -0.1) is 0 Å². The quantitative estimate of drug-likeness (QED) is 0.484. The van der Waals surface area contributed by atoms with Crippen molar-refractivity contribution < 1.29 is 27.5 Å². The third-order valence-electron chi connectivity index (χ3n) is 4.62. The van der Waals surface area contributed by atoms with Gasteiger partial charge in [0, 0.05) is 20.6 Å². The van der Waals surface area contributed by atoms with Crippen LogP contribution in [0.3, 0.4) is 0 Å². The minimum atomic E-state index is -3.67. The fraction of sp³-hybridized carbons (Fsp3) is 0.167. The first-order chi connectivity index (χ1) is 15.8. The van der Waals surface area contributed by atoms with E-state index < -0.39 is 28.5 Å². The summed E-state index contributed by atoms with van der Waals surface area (Å²) in [6, 6.07) is 21.9. The highest BCUT2D eigenvalue weighted by Crippen LogP contribution is 2.25. The van der Waals surface area contributed by atoms with Gasteiger partial charge in [-0.2, -0.15) is 0 Å². The summed E-state index contributed by atoms with van der Waals surface area (Å²) >= 11 is 0. The first-order valence-electron chi connectivity index (χ1n) is 10.0. The minimum Gasteiger partial charge on any atom is -0.456 e. The number of nitrogens with zero attached hydrogens (tertiary/aromatic N) is 1. The Labute approximate surface area is 192 Å². The van der Waals surface area contributed by atoms with E-state index in [4.69, 9.17) is 9.47 Å². The van der Waals surface area contributed by atoms with E-state index in [1.54, 1.807) is 54.6 Å². The van der Waals surface area contributed by atoms with Gasteiger partial charge in [-0.05, 0) is 35.9 Å². The monoisotopic (exact) mass is 468 g/mol. The number of benzene rings is 3. The predicted molar refractivity (Wildman–Crippen MR) is 122 cm³/mol. The number of amides is 1. The summed E-state index contributed by atoms with van der Waals surface area (Å²) in [7, 11) is -0.797. The number of esters is 1. The first kappa shape index (κ1) is 24.0. The van der Waals surface area contributed by atoms with Crippen LogP contribution < -0.4 is 10.1 Å². The summed E-state index contributed by atoms with van der Waals surface area (Å²) in [4.78, 5) is 24.9. The van der Waals surface area contributed by atoms with Crippen LogP contribution in [0.1, 0.15) is 15.9 Å². The summed E-state index contributed by atoms with van der Waals surface area (Å²) in [5.41, 5.74) is 0.601. The molecule has 9 heteroatoms. The standard InChI is InChI=1S/C24H24N2O6S/c1-26(2)33(29,30)22-15-9-6-10-18(22)16-25-23(27)17-31-24(28)20-13-7-8-14-21(20)32-19-11-4-3-5-12-19/h3-15H,16-17H2,1-2H3,(H,25,27). The summed E-state index contributed by atoms with van der Waals surface area (Å²) in [6.07, 6.45) is 0. The highest BCUT2D eigenvalue weighted by molar-refractivity contribution is 7.89. The van der Waals surface area contributed by atoms with Crippen molar-refractivity contribution in [2.24, 2.45) is 0 Å². The van der Waals surface area contributed by atoms with E-state index in [9.17, 15) is 18.0 Å². The molecule has 3 aromatic carbocycles. The SMILES string of the molecule is CN(C)S(=O)(=O)c1ccccc1CNC(=O)COC(=O)c1ccccc1Oc1ccccc1. The molecule has 0 spiro atoms. The zero-order valence-electron chi connectivity index (χ0n) is 18.2. The van der Waals surface area contributed by atoms with E-state index in [1.807, 2.05) is 18.2 Å². The molecule has 33 heavy (non-hydrogen) atoms. The van der Waals surface area contributed by atoms with Gasteiger partial charge in [-0.1, -0.05) is 48.5 Å². The molecule has 0 aliphatic carbocycles. The van der Waals surface area contributed by atoms with E-state index in [1.165, 1.54) is 20.2 Å². The number of hydrogen-bond acceptors (Lipinski definition) is 6. The Morgan fingerprint density at radius 1 is 0.879 bits per heavy atom. The minimum absolute atomic E-state index is 0.0344. The second kappa shape index (κ2) is 10.8. The molecule has 172 valence electrons. The summed E-state index contributed by atoms with van der Waals surface area (Å²) in [6.45, 7) is -0.561. The van der Waals surface area contributed by atoms with Crippen molar-refractivity contribution in [3.05, 3.63) is 90.0 Å². The lowest BCUT2D eigenvalue weighted by Crippen LogP contribution is -2.30. The molecular formula is C24H24N2O6S. The Bertz CT molecular complexity index is 1230. The van der Waals surface area contributed by atoms with Crippen LogP contribution in [0.2, 0.25) is 0 Å². The Morgan fingerprint density at radius 3 is 2.24 bits per heavy atom. The molecule has 0 aliphatic heterocycles. The van der Waals surface area contributed by atoms with Crippen molar-refractivity contribution in [2.75, 3.05) is 20.7 Å². The fourth-order valence-electron chi connectivity index (χ4n) is 2.89. The van der Waals surface area contributed by atoms with Gasteiger partial charge in [0.2, 0.25) is 10.0 Å². The Morgan fingerprint density at radius 2 is 1.52 bits per heavy atom. The number of hydrogen-bond donors (Lipinski definition) is 1. The van der Waals surface area contributed by atoms with Crippen LogP contribution in [0, 0.1) is 0 Å². The van der Waals surface area contributed by atoms with Crippen LogP contribution in [0.25, 0.3) is 0 Å². The average Bonchev–Trinajstić information content (AvgIpc) is 2.82. The zero-order chi connectivity index (χ0) is 23.8. The average molecular weight is 469 g/mol. The second-order valence-electron chi connectivity index (χ2n) is 7.16. The van der Waals surface area contributed by atoms with Crippen molar-refractivity contribution in [2.45, 2.75) is 11.4 Å². The normalized spacial score (nSPS) is 11.1. The van der Waals surface area contributed by atoms with Crippen molar-refractivity contribution >= 4 is 21.9 Å². The van der Waals surface area contributed by atoms with Gasteiger partial charge < -0.3 is 14.8 Å². The number of ether oxygens (including phenoxy) is 2. The van der Waals surface area contributed by atoms with E-state index >= 15 is 0 Å². The van der Waals surface area contributed by atoms with Crippen molar-refractivity contribution in [1.29, 1.82) is 0 Å². The maximum atomic E-state index is 12.5. The number of sulfonamides is 1. The van der Waals surface area contributed by atoms with Gasteiger partial charge in [0.15, 0.2) is 6.61 Å². The van der Waals surface area contributed by atoms with Gasteiger partial charge in [0.1, 0.15) is 17.1 Å². The molecular weight excluding hydrogens is 444 g/mol. The number of rotatable bonds is 9. The van der Waals surface area contributed by atoms with Gasteiger partial charge in [-0.3, -0.25) is 4.79 Å². The third kappa shape index (κ3) is 6.18. The lowest BCUT2D eigenvalue weighted by Gasteiger charge is -2.15. The fourth-order valence-corrected chi connectivity index (χ4v) is 4.01. The van der Waals surface area contributed by atoms with Gasteiger partial charge in [0.05, 0.1) is 4.90 Å². The van der Waals surface area contributed by atoms with Crippen LogP contribution in [0.5, 0.6) is 11.5 Å². The molecule has 0 aliphatic rings. The first-order valence-corrected chi connectivity index (χ1v) is 11.5. The number of carbonyl (C=O) groups is 2. The molecule has 1 amide bonds. The van der Waals surface area contributed by atoms with Gasteiger partial charge in [0.25, 0.3) is 5.91 Å². The lowest BCUT2D eigenvalue weighted by atomic mass is 10.2. The molecule has 0 aromatic heterocycles. The maximum absolute atomic E-state index is 12.5. The molecule has 0 heterocycles. The van der Waals surface area contributed by atoms with Crippen molar-refractivity contribution in [3.8, 4) is 11.5 Å². The zero-order valence-corrected chi connectivity index (χ0v) is 19.0. The Balaban J connectivity index is 1.60. The molecule has 3 rings (SSSR count). The molecule has 0 atom stereocenters. The molecule has 3 aromatic rings. The van der Waals surface area contributed by atoms with Gasteiger partial charge >= 0.3 is 5.97 Å². The van der Waals surface area contributed by atoms with Gasteiger partial charge in [-0.25, -0.2) is 17.5 Å². The van der Waals surface area contributed by atoms with Crippen LogP contribution in [-0.2, 0) is 26.1 Å². The lowest BCUT2D eigenvalue weighted by molar-refractivity contribution is -0.124. The number of nitrogens with one attached hydrogen (secondary N) is 1. The molecule has 1 N–H and O–H groups in total. The van der Waals surface area contributed by atoms with E-state index in [2.05, 4.69) is 5.32 Å². The van der Waals surface area contributed by atoms with Crippen LogP contribution in [0.4, 0.5) is 0 Å². The van der Waals surface area contributed by atoms with E-state index in [-0.39, 0.29) is 17.0 Å². The van der Waals surface area contributed by atoms with Crippen molar-refractivity contribution in [1.82, 2.24) is 9.62 Å². The third-order valence-corrected chi connectivity index (χ3v) is 6.54. The maximum Gasteiger partial charge on any atom is 0.342 e. The molecule has 0 bridgehead atoms. The molecule has 0 unspecified atom stereocenters. The molecule has 0 saturated carbocycles. The molecule has 8 nitrogen and oxygen atoms in total. The van der Waals surface area contributed by atoms with Crippen LogP contribution in [0.15, 0.2) is 83.8 Å². The predicted octanol–water partition coefficient (Wildman–Crippen LogP) is 3.20. The number of para-hydroxylation sites is 2. The summed E-state index contributed by atoms with van der Waals surface area (Å²) in [5.74, 6) is -0.423. The van der Waals surface area contributed by atoms with Crippen LogP contribution >= 0.6 is 0 Å².